The third-order valence-corrected chi connectivity index (χ3v) is 5.25. The molecule has 3 N–H and O–H groups in total. The molecular formula is C22H21FN7O5S-. The number of pyridine rings is 1. The van der Waals surface area contributed by atoms with Gasteiger partial charge in [0.2, 0.25) is 0 Å². The molecule has 1 aromatic carbocycles. The molecule has 2 aromatic heterocycles. The van der Waals surface area contributed by atoms with Crippen molar-refractivity contribution < 1.29 is 27.5 Å². The Kier molecular flexibility index (Phi) is 8.68. The summed E-state index contributed by atoms with van der Waals surface area (Å²) in [6.07, 6.45) is 8.06. The van der Waals surface area contributed by atoms with Crippen molar-refractivity contribution in [2.45, 2.75) is 6.92 Å². The number of carbonyl (C=O) groups excluding carboxylic acids is 1. The highest BCUT2D eigenvalue weighted by Crippen LogP contribution is 2.33. The number of terminal acetylenes is 1. The maximum Gasteiger partial charge on any atom is 0.318 e. The minimum absolute atomic E-state index is 0.0181. The zero-order valence-corrected chi connectivity index (χ0v) is 20.2. The van der Waals surface area contributed by atoms with Crippen LogP contribution in [0.15, 0.2) is 36.7 Å². The van der Waals surface area contributed by atoms with Crippen molar-refractivity contribution in [2.24, 2.45) is 0 Å². The maximum absolute atomic E-state index is 14.6. The van der Waals surface area contributed by atoms with Gasteiger partial charge in [-0.05, 0) is 19.1 Å². The van der Waals surface area contributed by atoms with Gasteiger partial charge in [-0.1, -0.05) is 5.92 Å². The first-order valence-corrected chi connectivity index (χ1v) is 11.3. The van der Waals surface area contributed by atoms with E-state index in [1.54, 1.807) is 13.0 Å². The van der Waals surface area contributed by atoms with Crippen molar-refractivity contribution in [1.82, 2.24) is 20.4 Å². The van der Waals surface area contributed by atoms with Crippen LogP contribution in [0, 0.1) is 18.2 Å². The van der Waals surface area contributed by atoms with Crippen molar-refractivity contribution in [1.29, 1.82) is 0 Å². The van der Waals surface area contributed by atoms with E-state index < -0.39 is 23.0 Å². The highest BCUT2D eigenvalue weighted by atomic mass is 32.2. The standard InChI is InChI=1S/C22H22FN7O5S/c1-5-13-9-18(30(3)36(32)33)17(10-15(13)23)26-16-11-20(25-12-14(16)21(31)29-35-6-2)27-19-7-8-24-22(28-19)34-4/h1,7-12H,6H2,2-4H3,(H,29,31)(H,32,33)(H2,24,25,26,27,28)/p-1. The number of ether oxygens (including phenoxy) is 1. The van der Waals surface area contributed by atoms with Crippen LogP contribution in [0.4, 0.5) is 33.1 Å². The Morgan fingerprint density at radius 2 is 2.03 bits per heavy atom. The molecule has 0 radical (unpaired) electrons. The summed E-state index contributed by atoms with van der Waals surface area (Å²) in [6.45, 7) is 1.89. The Balaban J connectivity index is 2.08. The molecule has 0 saturated carbocycles. The lowest BCUT2D eigenvalue weighted by molar-refractivity contribution is 0.0365. The number of hydrogen-bond donors (Lipinski definition) is 3. The summed E-state index contributed by atoms with van der Waals surface area (Å²) in [5.41, 5.74) is 2.34. The molecule has 12 nitrogen and oxygen atoms in total. The van der Waals surface area contributed by atoms with Crippen molar-refractivity contribution in [2.75, 3.05) is 35.7 Å². The number of rotatable bonds is 10. The third kappa shape index (κ3) is 6.21. The minimum Gasteiger partial charge on any atom is -0.755 e. The third-order valence-electron chi connectivity index (χ3n) is 4.60. The van der Waals surface area contributed by atoms with Crippen LogP contribution in [-0.4, -0.2) is 50.4 Å². The summed E-state index contributed by atoms with van der Waals surface area (Å²) >= 11 is -2.70. The van der Waals surface area contributed by atoms with Crippen molar-refractivity contribution in [3.8, 4) is 18.4 Å². The Morgan fingerprint density at radius 3 is 2.69 bits per heavy atom. The predicted octanol–water partition coefficient (Wildman–Crippen LogP) is 2.40. The van der Waals surface area contributed by atoms with Crippen molar-refractivity contribution in [3.63, 3.8) is 0 Å². The Labute approximate surface area is 208 Å². The SMILES string of the molecule is C#Cc1cc(N(C)S(=O)[O-])c(Nc2cc(Nc3ccnc(OC)n3)ncc2C(=O)NOCC)cc1F. The molecule has 36 heavy (non-hydrogen) atoms. The molecule has 0 spiro atoms. The lowest BCUT2D eigenvalue weighted by Crippen LogP contribution is -2.25. The summed E-state index contributed by atoms with van der Waals surface area (Å²) < 4.78 is 43.7. The minimum atomic E-state index is -2.70. The van der Waals surface area contributed by atoms with Gasteiger partial charge in [-0.15, -0.1) is 6.42 Å². The van der Waals surface area contributed by atoms with Gasteiger partial charge in [0.25, 0.3) is 5.91 Å². The van der Waals surface area contributed by atoms with Gasteiger partial charge in [0.05, 0.1) is 41.9 Å². The number of hydrogen-bond acceptors (Lipinski definition) is 10. The van der Waals surface area contributed by atoms with E-state index >= 15 is 0 Å². The molecule has 1 amide bonds. The zero-order valence-electron chi connectivity index (χ0n) is 19.4. The second-order valence-corrected chi connectivity index (χ2v) is 7.85. The first-order chi connectivity index (χ1) is 17.3. The predicted molar refractivity (Wildman–Crippen MR) is 130 cm³/mol. The molecule has 14 heteroatoms. The summed E-state index contributed by atoms with van der Waals surface area (Å²) in [5.74, 6) is 1.34. The van der Waals surface area contributed by atoms with Gasteiger partial charge in [0.15, 0.2) is 0 Å². The number of amides is 1. The highest BCUT2D eigenvalue weighted by molar-refractivity contribution is 7.80. The normalized spacial score (nSPS) is 11.2. The summed E-state index contributed by atoms with van der Waals surface area (Å²) in [4.78, 5) is 29.9. The molecule has 2 heterocycles. The van der Waals surface area contributed by atoms with Crippen LogP contribution < -0.4 is 25.2 Å². The Hall–Kier alpha value is -4.32. The van der Waals surface area contributed by atoms with E-state index in [-0.39, 0.29) is 46.6 Å². The quantitative estimate of drug-likeness (QED) is 0.209. The summed E-state index contributed by atoms with van der Waals surface area (Å²) in [7, 11) is 2.67. The molecule has 0 fully saturated rings. The van der Waals surface area contributed by atoms with Gasteiger partial charge in [-0.25, -0.2) is 19.8 Å². The second kappa shape index (κ2) is 11.9. The molecule has 188 valence electrons. The number of nitrogens with zero attached hydrogens (tertiary/aromatic N) is 4. The molecule has 0 saturated heterocycles. The number of benzene rings is 1. The van der Waals surface area contributed by atoms with Gasteiger partial charge in [0.1, 0.15) is 17.5 Å². The fraction of sp³-hybridized carbons (Fsp3) is 0.182. The van der Waals surface area contributed by atoms with Crippen LogP contribution in [0.5, 0.6) is 6.01 Å². The van der Waals surface area contributed by atoms with Gasteiger partial charge >= 0.3 is 6.01 Å². The van der Waals surface area contributed by atoms with E-state index in [0.717, 1.165) is 10.4 Å². The van der Waals surface area contributed by atoms with E-state index in [0.29, 0.717) is 5.82 Å². The number of halogens is 1. The van der Waals surface area contributed by atoms with Crippen LogP contribution in [0.3, 0.4) is 0 Å². The number of aromatic nitrogens is 3. The number of hydroxylamine groups is 1. The van der Waals surface area contributed by atoms with E-state index in [4.69, 9.17) is 16.0 Å². The molecule has 0 aliphatic rings. The van der Waals surface area contributed by atoms with Gasteiger partial charge in [0, 0.05) is 42.8 Å². The fourth-order valence-corrected chi connectivity index (χ4v) is 3.21. The summed E-state index contributed by atoms with van der Waals surface area (Å²) in [6, 6.07) is 5.35. The monoisotopic (exact) mass is 514 g/mol. The first kappa shape index (κ1) is 26.3. The lowest BCUT2D eigenvalue weighted by atomic mass is 10.1. The number of carbonyl (C=O) groups is 1. The molecule has 0 aliphatic carbocycles. The van der Waals surface area contributed by atoms with E-state index in [2.05, 4.69) is 37.0 Å². The average Bonchev–Trinajstić information content (AvgIpc) is 2.87. The average molecular weight is 515 g/mol. The number of methoxy groups -OCH3 is 1. The fourth-order valence-electron chi connectivity index (χ4n) is 2.90. The molecular weight excluding hydrogens is 493 g/mol. The van der Waals surface area contributed by atoms with Crippen LogP contribution >= 0.6 is 0 Å². The molecule has 1 atom stereocenters. The van der Waals surface area contributed by atoms with Gasteiger partial charge in [-0.2, -0.15) is 4.98 Å². The van der Waals surface area contributed by atoms with Crippen LogP contribution in [0.25, 0.3) is 0 Å². The van der Waals surface area contributed by atoms with E-state index in [9.17, 15) is 17.9 Å². The van der Waals surface area contributed by atoms with E-state index in [1.807, 2.05) is 0 Å². The van der Waals surface area contributed by atoms with Gasteiger partial charge in [-0.3, -0.25) is 13.8 Å². The maximum atomic E-state index is 14.6. The first-order valence-electron chi connectivity index (χ1n) is 10.2. The van der Waals surface area contributed by atoms with Crippen LogP contribution in [-0.2, 0) is 16.1 Å². The smallest absolute Gasteiger partial charge is 0.318 e. The second-order valence-electron chi connectivity index (χ2n) is 6.87. The van der Waals surface area contributed by atoms with Crippen molar-refractivity contribution >= 4 is 45.9 Å². The Morgan fingerprint density at radius 1 is 1.25 bits per heavy atom. The summed E-state index contributed by atoms with van der Waals surface area (Å²) in [5, 5.41) is 5.84. The lowest BCUT2D eigenvalue weighted by Gasteiger charge is -2.25. The number of nitrogens with one attached hydrogen (secondary N) is 3. The molecule has 3 aromatic rings. The zero-order chi connectivity index (χ0) is 26.2. The molecule has 3 rings (SSSR count). The molecule has 0 bridgehead atoms. The highest BCUT2D eigenvalue weighted by Gasteiger charge is 2.18. The Bertz CT molecular complexity index is 1330. The molecule has 1 unspecified atom stereocenters. The van der Waals surface area contributed by atoms with Crippen LogP contribution in [0.2, 0.25) is 0 Å². The van der Waals surface area contributed by atoms with E-state index in [1.165, 1.54) is 38.7 Å². The number of anilines is 5. The van der Waals surface area contributed by atoms with Crippen LogP contribution in [0.1, 0.15) is 22.8 Å². The molecule has 0 aliphatic heterocycles. The van der Waals surface area contributed by atoms with Gasteiger partial charge < -0.3 is 24.2 Å². The largest absolute Gasteiger partial charge is 0.755 e. The topological polar surface area (TPSA) is 154 Å². The van der Waals surface area contributed by atoms with Crippen molar-refractivity contribution in [3.05, 3.63) is 53.6 Å².